The van der Waals surface area contributed by atoms with Gasteiger partial charge in [-0.3, -0.25) is 0 Å². The number of nitrogens with two attached hydrogens (primary N) is 1. The number of pyridine rings is 1. The Labute approximate surface area is 98.5 Å². The minimum absolute atomic E-state index is 0.206. The van der Waals surface area contributed by atoms with Gasteiger partial charge < -0.3 is 11.1 Å². The molecule has 0 amide bonds. The molecule has 3 nitrogen and oxygen atoms in total. The van der Waals surface area contributed by atoms with Crippen LogP contribution in [-0.4, -0.2) is 17.6 Å². The Balaban J connectivity index is 2.45. The molecule has 0 aliphatic heterocycles. The van der Waals surface area contributed by atoms with Crippen molar-refractivity contribution in [3.63, 3.8) is 0 Å². The Morgan fingerprint density at radius 1 is 1.38 bits per heavy atom. The molecule has 3 N–H and O–H groups in total. The molecule has 0 spiro atoms. The summed E-state index contributed by atoms with van der Waals surface area (Å²) in [4.78, 5) is 4.26. The molecule has 0 aliphatic carbocycles. The summed E-state index contributed by atoms with van der Waals surface area (Å²) < 4.78 is 0. The van der Waals surface area contributed by atoms with Crippen LogP contribution in [0.25, 0.3) is 0 Å². The molecule has 1 atom stereocenters. The fourth-order valence-electron chi connectivity index (χ4n) is 1.92. The molecule has 0 fully saturated rings. The van der Waals surface area contributed by atoms with Gasteiger partial charge in [-0.1, -0.05) is 26.7 Å². The maximum absolute atomic E-state index is 6.13. The Morgan fingerprint density at radius 2 is 2.06 bits per heavy atom. The minimum atomic E-state index is 0.206. The molecule has 0 bridgehead atoms. The molecule has 1 aromatic heterocycles. The molecule has 1 unspecified atom stereocenters. The lowest BCUT2D eigenvalue weighted by atomic mass is 9.95. The van der Waals surface area contributed by atoms with Crippen molar-refractivity contribution in [3.8, 4) is 0 Å². The number of rotatable bonds is 6. The SMILES string of the molecule is CCC(CC)C(N)CNc1cc(C)ccn1. The largest absolute Gasteiger partial charge is 0.369 e. The van der Waals surface area contributed by atoms with Crippen LogP contribution in [0.3, 0.4) is 0 Å². The Morgan fingerprint density at radius 3 is 2.62 bits per heavy atom. The minimum Gasteiger partial charge on any atom is -0.369 e. The van der Waals surface area contributed by atoms with E-state index < -0.39 is 0 Å². The number of hydrogen-bond acceptors (Lipinski definition) is 3. The van der Waals surface area contributed by atoms with Gasteiger partial charge in [-0.2, -0.15) is 0 Å². The second kappa shape index (κ2) is 6.48. The summed E-state index contributed by atoms with van der Waals surface area (Å²) in [6, 6.07) is 4.24. The summed E-state index contributed by atoms with van der Waals surface area (Å²) in [5.41, 5.74) is 7.35. The van der Waals surface area contributed by atoms with Gasteiger partial charge in [0.1, 0.15) is 5.82 Å². The van der Waals surface area contributed by atoms with Crippen LogP contribution in [0.15, 0.2) is 18.3 Å². The molecule has 0 saturated heterocycles. The predicted molar refractivity (Wildman–Crippen MR) is 69.5 cm³/mol. The molecular weight excluding hydrogens is 198 g/mol. The highest BCUT2D eigenvalue weighted by Crippen LogP contribution is 2.12. The summed E-state index contributed by atoms with van der Waals surface area (Å²) in [5, 5.41) is 3.30. The van der Waals surface area contributed by atoms with Crippen molar-refractivity contribution in [3.05, 3.63) is 23.9 Å². The van der Waals surface area contributed by atoms with Crippen LogP contribution in [0.1, 0.15) is 32.3 Å². The first-order chi connectivity index (χ1) is 7.67. The van der Waals surface area contributed by atoms with Gasteiger partial charge in [-0.15, -0.1) is 0 Å². The number of aromatic nitrogens is 1. The van der Waals surface area contributed by atoms with E-state index in [0.29, 0.717) is 5.92 Å². The van der Waals surface area contributed by atoms with Crippen molar-refractivity contribution in [2.24, 2.45) is 11.7 Å². The first-order valence-corrected chi connectivity index (χ1v) is 6.09. The topological polar surface area (TPSA) is 50.9 Å². The first kappa shape index (κ1) is 13.0. The number of nitrogens with one attached hydrogen (secondary N) is 1. The third kappa shape index (κ3) is 3.81. The highest BCUT2D eigenvalue weighted by atomic mass is 15.0. The van der Waals surface area contributed by atoms with Gasteiger partial charge in [0.05, 0.1) is 0 Å². The van der Waals surface area contributed by atoms with E-state index in [4.69, 9.17) is 5.73 Å². The average Bonchev–Trinajstić information content (AvgIpc) is 2.28. The molecule has 16 heavy (non-hydrogen) atoms. The number of aryl methyl sites for hydroxylation is 1. The van der Waals surface area contributed by atoms with E-state index in [0.717, 1.165) is 25.2 Å². The number of hydrogen-bond donors (Lipinski definition) is 2. The molecule has 1 rings (SSSR count). The molecule has 0 radical (unpaired) electrons. The fourth-order valence-corrected chi connectivity index (χ4v) is 1.92. The van der Waals surface area contributed by atoms with Crippen LogP contribution in [0.2, 0.25) is 0 Å². The second-order valence-corrected chi connectivity index (χ2v) is 4.34. The standard InChI is InChI=1S/C13H23N3/c1-4-11(5-2)12(14)9-16-13-8-10(3)6-7-15-13/h6-8,11-12H,4-5,9,14H2,1-3H3,(H,15,16). The van der Waals surface area contributed by atoms with Crippen molar-refractivity contribution >= 4 is 5.82 Å². The fraction of sp³-hybridized carbons (Fsp3) is 0.615. The van der Waals surface area contributed by atoms with E-state index in [-0.39, 0.29) is 6.04 Å². The molecule has 3 heteroatoms. The van der Waals surface area contributed by atoms with Crippen molar-refractivity contribution in [1.29, 1.82) is 0 Å². The quantitative estimate of drug-likeness (QED) is 0.776. The highest BCUT2D eigenvalue weighted by molar-refractivity contribution is 5.37. The van der Waals surface area contributed by atoms with Gasteiger partial charge in [-0.05, 0) is 30.5 Å². The first-order valence-electron chi connectivity index (χ1n) is 6.09. The summed E-state index contributed by atoms with van der Waals surface area (Å²) in [5.74, 6) is 1.51. The van der Waals surface area contributed by atoms with Crippen molar-refractivity contribution in [1.82, 2.24) is 4.98 Å². The Bertz CT molecular complexity index is 308. The number of nitrogens with zero attached hydrogens (tertiary/aromatic N) is 1. The van der Waals surface area contributed by atoms with Crippen LogP contribution in [-0.2, 0) is 0 Å². The normalized spacial score (nSPS) is 12.8. The monoisotopic (exact) mass is 221 g/mol. The molecule has 0 aliphatic rings. The number of anilines is 1. The van der Waals surface area contributed by atoms with Gasteiger partial charge in [0.25, 0.3) is 0 Å². The molecule has 0 saturated carbocycles. The maximum atomic E-state index is 6.13. The average molecular weight is 221 g/mol. The van der Waals surface area contributed by atoms with Crippen molar-refractivity contribution in [2.45, 2.75) is 39.7 Å². The summed E-state index contributed by atoms with van der Waals surface area (Å²) in [7, 11) is 0. The zero-order valence-corrected chi connectivity index (χ0v) is 10.5. The summed E-state index contributed by atoms with van der Waals surface area (Å²) in [6.45, 7) is 7.24. The second-order valence-electron chi connectivity index (χ2n) is 4.34. The van der Waals surface area contributed by atoms with E-state index in [1.807, 2.05) is 18.3 Å². The van der Waals surface area contributed by atoms with Gasteiger partial charge >= 0.3 is 0 Å². The smallest absolute Gasteiger partial charge is 0.126 e. The lowest BCUT2D eigenvalue weighted by molar-refractivity contribution is 0.407. The third-order valence-corrected chi connectivity index (χ3v) is 3.09. The molecule has 90 valence electrons. The van der Waals surface area contributed by atoms with Crippen LogP contribution >= 0.6 is 0 Å². The molecule has 1 aromatic rings. The predicted octanol–water partition coefficient (Wildman–Crippen LogP) is 2.57. The maximum Gasteiger partial charge on any atom is 0.126 e. The zero-order valence-electron chi connectivity index (χ0n) is 10.5. The van der Waals surface area contributed by atoms with Gasteiger partial charge in [0, 0.05) is 18.8 Å². The zero-order chi connectivity index (χ0) is 12.0. The van der Waals surface area contributed by atoms with Crippen molar-refractivity contribution in [2.75, 3.05) is 11.9 Å². The van der Waals surface area contributed by atoms with Crippen LogP contribution in [0, 0.1) is 12.8 Å². The van der Waals surface area contributed by atoms with E-state index in [9.17, 15) is 0 Å². The Hall–Kier alpha value is -1.09. The van der Waals surface area contributed by atoms with Gasteiger partial charge in [0.2, 0.25) is 0 Å². The van der Waals surface area contributed by atoms with E-state index in [2.05, 4.69) is 31.1 Å². The highest BCUT2D eigenvalue weighted by Gasteiger charge is 2.13. The molecular formula is C13H23N3. The van der Waals surface area contributed by atoms with E-state index >= 15 is 0 Å². The lowest BCUT2D eigenvalue weighted by Crippen LogP contribution is -2.36. The summed E-state index contributed by atoms with van der Waals surface area (Å²) in [6.07, 6.45) is 4.10. The van der Waals surface area contributed by atoms with Gasteiger partial charge in [-0.25, -0.2) is 4.98 Å². The van der Waals surface area contributed by atoms with Crippen LogP contribution < -0.4 is 11.1 Å². The molecule has 0 aromatic carbocycles. The van der Waals surface area contributed by atoms with Crippen LogP contribution in [0.5, 0.6) is 0 Å². The Kier molecular flexibility index (Phi) is 5.26. The summed E-state index contributed by atoms with van der Waals surface area (Å²) >= 11 is 0. The van der Waals surface area contributed by atoms with E-state index in [1.54, 1.807) is 0 Å². The lowest BCUT2D eigenvalue weighted by Gasteiger charge is -2.21. The third-order valence-electron chi connectivity index (χ3n) is 3.09. The molecule has 1 heterocycles. The van der Waals surface area contributed by atoms with Gasteiger partial charge in [0.15, 0.2) is 0 Å². The van der Waals surface area contributed by atoms with E-state index in [1.165, 1.54) is 5.56 Å². The van der Waals surface area contributed by atoms with Crippen molar-refractivity contribution < 1.29 is 0 Å². The van der Waals surface area contributed by atoms with Crippen LogP contribution in [0.4, 0.5) is 5.82 Å².